The molecule has 1 N–H and O–H groups in total. The molecule has 5 nitrogen and oxygen atoms in total. The van der Waals surface area contributed by atoms with E-state index in [2.05, 4.69) is 6.58 Å². The number of carboxylic acid groups (broad SMARTS) is 1. The Morgan fingerprint density at radius 3 is 2.76 bits per heavy atom. The van der Waals surface area contributed by atoms with Crippen LogP contribution in [0.25, 0.3) is 0 Å². The fourth-order valence-corrected chi connectivity index (χ4v) is 4.25. The molecule has 1 aliphatic heterocycles. The minimum Gasteiger partial charge on any atom is -0.481 e. The Hall–Kier alpha value is -2.47. The van der Waals surface area contributed by atoms with Gasteiger partial charge in [-0.05, 0) is 25.5 Å². The van der Waals surface area contributed by atoms with Crippen molar-refractivity contribution in [1.29, 1.82) is 0 Å². The van der Waals surface area contributed by atoms with Crippen LogP contribution in [0, 0.1) is 0 Å². The van der Waals surface area contributed by atoms with Crippen molar-refractivity contribution in [3.05, 3.63) is 60.7 Å². The second kappa shape index (κ2) is 8.58. The molecule has 2 unspecified atom stereocenters. The standard InChI is InChI=1S/C19H21NO4S/c1-3-4-5-8-14(2)19(23)20-12-11-15(13-18(21)22)25(24)17-10-7-6-9-16(17)20/h3-10,15H,1,11-13H2,2H3,(H,21,22)/b5-4-,14-8+. The maximum Gasteiger partial charge on any atom is 0.304 e. The molecule has 132 valence electrons. The molecule has 1 heterocycles. The highest BCUT2D eigenvalue weighted by atomic mass is 32.2. The van der Waals surface area contributed by atoms with Crippen molar-refractivity contribution in [3.63, 3.8) is 0 Å². The summed E-state index contributed by atoms with van der Waals surface area (Å²) in [4.78, 5) is 26.0. The van der Waals surface area contributed by atoms with E-state index in [4.69, 9.17) is 5.11 Å². The fourth-order valence-electron chi connectivity index (χ4n) is 2.68. The highest BCUT2D eigenvalue weighted by Crippen LogP contribution is 2.32. The first-order valence-corrected chi connectivity index (χ1v) is 9.16. The van der Waals surface area contributed by atoms with Crippen molar-refractivity contribution in [2.75, 3.05) is 11.4 Å². The first kappa shape index (κ1) is 18.9. The van der Waals surface area contributed by atoms with E-state index in [9.17, 15) is 13.8 Å². The molecule has 0 saturated carbocycles. The number of para-hydroxylation sites is 1. The lowest BCUT2D eigenvalue weighted by atomic mass is 10.1. The Morgan fingerprint density at radius 2 is 2.08 bits per heavy atom. The number of amides is 1. The molecule has 1 aliphatic rings. The average Bonchev–Trinajstić information content (AvgIpc) is 2.72. The predicted molar refractivity (Wildman–Crippen MR) is 99.0 cm³/mol. The van der Waals surface area contributed by atoms with Crippen LogP contribution in [0.15, 0.2) is 65.6 Å². The van der Waals surface area contributed by atoms with E-state index in [1.54, 1.807) is 60.4 Å². The third-order valence-electron chi connectivity index (χ3n) is 3.93. The number of carboxylic acids is 1. The number of hydrogen-bond donors (Lipinski definition) is 1. The van der Waals surface area contributed by atoms with Gasteiger partial charge in [0.1, 0.15) is 0 Å². The molecule has 1 amide bonds. The van der Waals surface area contributed by atoms with Crippen LogP contribution < -0.4 is 4.90 Å². The highest BCUT2D eigenvalue weighted by Gasteiger charge is 2.31. The fraction of sp³-hybridized carbons (Fsp3) is 0.263. The largest absolute Gasteiger partial charge is 0.481 e. The topological polar surface area (TPSA) is 74.7 Å². The van der Waals surface area contributed by atoms with Crippen LogP contribution in [-0.4, -0.2) is 33.0 Å². The summed E-state index contributed by atoms with van der Waals surface area (Å²) in [5.41, 5.74) is 1.12. The van der Waals surface area contributed by atoms with Crippen LogP contribution >= 0.6 is 0 Å². The third kappa shape index (κ3) is 4.54. The van der Waals surface area contributed by atoms with Gasteiger partial charge in [0.05, 0.1) is 33.1 Å². The van der Waals surface area contributed by atoms with Crippen molar-refractivity contribution in [3.8, 4) is 0 Å². The SMILES string of the molecule is C=C/C=C\C=C(/C)C(=O)N1CCC(CC(=O)O)S(=O)c2ccccc21. The highest BCUT2D eigenvalue weighted by molar-refractivity contribution is 7.86. The van der Waals surface area contributed by atoms with Crippen molar-refractivity contribution in [2.24, 2.45) is 0 Å². The minimum absolute atomic E-state index is 0.181. The summed E-state index contributed by atoms with van der Waals surface area (Å²) in [5, 5.41) is 8.55. The Bertz CT molecular complexity index is 766. The number of benzene rings is 1. The molecule has 1 aromatic rings. The van der Waals surface area contributed by atoms with Gasteiger partial charge in [-0.3, -0.25) is 13.8 Å². The molecule has 0 aliphatic carbocycles. The number of anilines is 1. The lowest BCUT2D eigenvalue weighted by molar-refractivity contribution is -0.137. The molecule has 2 atom stereocenters. The number of rotatable bonds is 5. The number of carbonyl (C=O) groups excluding carboxylic acids is 1. The number of carbonyl (C=O) groups is 2. The van der Waals surface area contributed by atoms with Crippen LogP contribution in [-0.2, 0) is 20.4 Å². The van der Waals surface area contributed by atoms with Gasteiger partial charge in [-0.1, -0.05) is 43.0 Å². The summed E-state index contributed by atoms with van der Waals surface area (Å²) in [6.45, 7) is 5.63. The lowest BCUT2D eigenvalue weighted by Crippen LogP contribution is -2.33. The zero-order chi connectivity index (χ0) is 18.4. The van der Waals surface area contributed by atoms with E-state index in [0.717, 1.165) is 0 Å². The molecule has 2 rings (SSSR count). The van der Waals surface area contributed by atoms with Gasteiger partial charge in [-0.15, -0.1) is 0 Å². The number of fused-ring (bicyclic) bond motifs is 1. The van der Waals surface area contributed by atoms with E-state index < -0.39 is 22.0 Å². The number of aliphatic carboxylic acids is 1. The van der Waals surface area contributed by atoms with E-state index >= 15 is 0 Å². The van der Waals surface area contributed by atoms with Crippen molar-refractivity contribution in [2.45, 2.75) is 29.9 Å². The van der Waals surface area contributed by atoms with E-state index in [1.165, 1.54) is 0 Å². The van der Waals surface area contributed by atoms with Gasteiger partial charge >= 0.3 is 5.97 Å². The van der Waals surface area contributed by atoms with Crippen molar-refractivity contribution in [1.82, 2.24) is 0 Å². The van der Waals surface area contributed by atoms with Crippen LogP contribution in [0.3, 0.4) is 0 Å². The summed E-state index contributed by atoms with van der Waals surface area (Å²) < 4.78 is 12.8. The first-order valence-electron chi connectivity index (χ1n) is 7.95. The van der Waals surface area contributed by atoms with Gasteiger partial charge in [-0.2, -0.15) is 0 Å². The number of allylic oxidation sites excluding steroid dienone is 4. The number of nitrogens with zero attached hydrogens (tertiary/aromatic N) is 1. The Kier molecular flexibility index (Phi) is 6.47. The molecule has 0 saturated heterocycles. The second-order valence-electron chi connectivity index (χ2n) is 5.70. The van der Waals surface area contributed by atoms with Gasteiger partial charge in [0.15, 0.2) is 0 Å². The van der Waals surface area contributed by atoms with Gasteiger partial charge < -0.3 is 10.0 Å². The van der Waals surface area contributed by atoms with Gasteiger partial charge in [0.25, 0.3) is 5.91 Å². The first-order chi connectivity index (χ1) is 12.0. The summed E-state index contributed by atoms with van der Waals surface area (Å²) in [7, 11) is -1.47. The third-order valence-corrected chi connectivity index (χ3v) is 5.72. The Labute approximate surface area is 149 Å². The molecule has 0 aromatic heterocycles. The molecular formula is C19H21NO4S. The lowest BCUT2D eigenvalue weighted by Gasteiger charge is -2.22. The zero-order valence-electron chi connectivity index (χ0n) is 14.1. The van der Waals surface area contributed by atoms with Crippen molar-refractivity contribution >= 4 is 28.4 Å². The summed E-state index contributed by atoms with van der Waals surface area (Å²) in [6, 6.07) is 6.98. The maximum atomic E-state index is 12.8. The minimum atomic E-state index is -1.47. The summed E-state index contributed by atoms with van der Waals surface area (Å²) in [6.07, 6.45) is 6.97. The molecule has 0 fully saturated rings. The Balaban J connectivity index is 2.39. The van der Waals surface area contributed by atoms with Gasteiger partial charge in [-0.25, -0.2) is 0 Å². The average molecular weight is 359 g/mol. The molecule has 0 spiro atoms. The molecule has 25 heavy (non-hydrogen) atoms. The molecule has 1 aromatic carbocycles. The molecular weight excluding hydrogens is 338 g/mol. The maximum absolute atomic E-state index is 12.8. The molecule has 0 radical (unpaired) electrons. The van der Waals surface area contributed by atoms with Crippen molar-refractivity contribution < 1.29 is 18.9 Å². The van der Waals surface area contributed by atoms with Crippen LogP contribution in [0.4, 0.5) is 5.69 Å². The summed E-state index contributed by atoms with van der Waals surface area (Å²) in [5.74, 6) is -1.17. The van der Waals surface area contributed by atoms with Gasteiger partial charge in [0.2, 0.25) is 0 Å². The van der Waals surface area contributed by atoms with Gasteiger partial charge in [0, 0.05) is 12.1 Å². The predicted octanol–water partition coefficient (Wildman–Crippen LogP) is 3.06. The quantitative estimate of drug-likeness (QED) is 0.648. The smallest absolute Gasteiger partial charge is 0.304 e. The van der Waals surface area contributed by atoms with Crippen LogP contribution in [0.2, 0.25) is 0 Å². The van der Waals surface area contributed by atoms with E-state index in [0.29, 0.717) is 29.1 Å². The van der Waals surface area contributed by atoms with E-state index in [-0.39, 0.29) is 12.3 Å². The van der Waals surface area contributed by atoms with Crippen LogP contribution in [0.1, 0.15) is 19.8 Å². The number of hydrogen-bond acceptors (Lipinski definition) is 3. The molecule has 6 heteroatoms. The van der Waals surface area contributed by atoms with E-state index in [1.807, 2.05) is 0 Å². The normalized spacial score (nSPS) is 20.8. The molecule has 0 bridgehead atoms. The summed E-state index contributed by atoms with van der Waals surface area (Å²) >= 11 is 0. The zero-order valence-corrected chi connectivity index (χ0v) is 14.9. The second-order valence-corrected chi connectivity index (χ2v) is 7.40. The monoisotopic (exact) mass is 359 g/mol. The van der Waals surface area contributed by atoms with Crippen LogP contribution in [0.5, 0.6) is 0 Å². The Morgan fingerprint density at radius 1 is 1.36 bits per heavy atom.